The maximum Gasteiger partial charge on any atom is 0.141 e. The van der Waals surface area contributed by atoms with Crippen molar-refractivity contribution in [3.8, 4) is 0 Å². The average molecular weight is 246 g/mol. The number of benzene rings is 1. The number of aliphatic hydroxyl groups excluding tert-OH is 1. The van der Waals surface area contributed by atoms with Crippen LogP contribution in [0.2, 0.25) is 5.02 Å². The summed E-state index contributed by atoms with van der Waals surface area (Å²) in [6, 6.07) is 4.57. The van der Waals surface area contributed by atoms with Gasteiger partial charge in [-0.25, -0.2) is 4.39 Å². The summed E-state index contributed by atoms with van der Waals surface area (Å²) in [6.45, 7) is 4.12. The molecule has 90 valence electrons. The Morgan fingerprint density at radius 2 is 2.06 bits per heavy atom. The molecule has 16 heavy (non-hydrogen) atoms. The highest BCUT2D eigenvalue weighted by Crippen LogP contribution is 2.24. The fourth-order valence-corrected chi connectivity index (χ4v) is 1.85. The second-order valence-electron chi connectivity index (χ2n) is 4.20. The Hall–Kier alpha value is -0.800. The molecule has 1 aromatic carbocycles. The molecule has 0 aliphatic carbocycles. The van der Waals surface area contributed by atoms with Gasteiger partial charge in [-0.15, -0.1) is 0 Å². The van der Waals surface area contributed by atoms with Crippen molar-refractivity contribution in [2.75, 3.05) is 18.6 Å². The zero-order valence-electron chi connectivity index (χ0n) is 9.74. The summed E-state index contributed by atoms with van der Waals surface area (Å²) < 4.78 is 13.0. The zero-order chi connectivity index (χ0) is 12.3. The summed E-state index contributed by atoms with van der Waals surface area (Å²) in [5.41, 5.74) is 0.805. The van der Waals surface area contributed by atoms with Gasteiger partial charge in [0, 0.05) is 12.7 Å². The number of halogens is 2. The van der Waals surface area contributed by atoms with E-state index in [1.807, 2.05) is 25.8 Å². The number of hydrogen-bond donors (Lipinski definition) is 1. The minimum Gasteiger partial charge on any atom is -0.394 e. The van der Waals surface area contributed by atoms with E-state index in [1.54, 1.807) is 12.1 Å². The number of nitrogens with zero attached hydrogens (tertiary/aromatic N) is 1. The molecular formula is C12H17ClFNO. The molecule has 0 fully saturated rings. The molecule has 1 aromatic rings. The number of hydrogen-bond acceptors (Lipinski definition) is 2. The van der Waals surface area contributed by atoms with Crippen molar-refractivity contribution in [1.82, 2.24) is 0 Å². The lowest BCUT2D eigenvalue weighted by Crippen LogP contribution is -2.38. The Labute approximate surface area is 101 Å². The zero-order valence-corrected chi connectivity index (χ0v) is 10.5. The fourth-order valence-electron chi connectivity index (χ4n) is 1.68. The van der Waals surface area contributed by atoms with E-state index in [4.69, 9.17) is 11.6 Å². The summed E-state index contributed by atoms with van der Waals surface area (Å²) in [5, 5.41) is 9.41. The first-order valence-electron chi connectivity index (χ1n) is 5.26. The molecule has 0 aromatic heterocycles. The van der Waals surface area contributed by atoms with Crippen LogP contribution < -0.4 is 4.90 Å². The van der Waals surface area contributed by atoms with Crippen molar-refractivity contribution in [2.45, 2.75) is 19.9 Å². The van der Waals surface area contributed by atoms with E-state index >= 15 is 0 Å². The summed E-state index contributed by atoms with van der Waals surface area (Å²) in [6.07, 6.45) is 0. The first-order valence-corrected chi connectivity index (χ1v) is 5.64. The monoisotopic (exact) mass is 245 g/mol. The lowest BCUT2D eigenvalue weighted by Gasteiger charge is -2.31. The number of anilines is 1. The molecule has 0 aliphatic heterocycles. The summed E-state index contributed by atoms with van der Waals surface area (Å²) in [7, 11) is 1.87. The minimum atomic E-state index is -0.427. The lowest BCUT2D eigenvalue weighted by molar-refractivity contribution is 0.234. The van der Waals surface area contributed by atoms with E-state index in [1.165, 1.54) is 6.07 Å². The third-order valence-corrected chi connectivity index (χ3v) is 3.05. The lowest BCUT2D eigenvalue weighted by atomic mass is 10.0. The van der Waals surface area contributed by atoms with Crippen LogP contribution in [-0.4, -0.2) is 24.8 Å². The molecule has 0 spiro atoms. The highest BCUT2D eigenvalue weighted by Gasteiger charge is 2.18. The molecule has 0 saturated heterocycles. The van der Waals surface area contributed by atoms with Crippen molar-refractivity contribution in [2.24, 2.45) is 5.92 Å². The van der Waals surface area contributed by atoms with E-state index in [0.29, 0.717) is 5.92 Å². The third kappa shape index (κ3) is 2.86. The normalized spacial score (nSPS) is 12.9. The second kappa shape index (κ2) is 5.51. The van der Waals surface area contributed by atoms with Gasteiger partial charge in [0.2, 0.25) is 0 Å². The Morgan fingerprint density at radius 3 is 2.50 bits per heavy atom. The van der Waals surface area contributed by atoms with Crippen LogP contribution in [0.15, 0.2) is 18.2 Å². The fraction of sp³-hybridized carbons (Fsp3) is 0.500. The van der Waals surface area contributed by atoms with Gasteiger partial charge in [-0.3, -0.25) is 0 Å². The van der Waals surface area contributed by atoms with Gasteiger partial charge in [-0.05, 0) is 24.1 Å². The summed E-state index contributed by atoms with van der Waals surface area (Å²) in [5.74, 6) is -0.122. The molecule has 4 heteroatoms. The van der Waals surface area contributed by atoms with Gasteiger partial charge in [0.1, 0.15) is 5.82 Å². The Kier molecular flexibility index (Phi) is 4.56. The van der Waals surface area contributed by atoms with Crippen molar-refractivity contribution in [3.05, 3.63) is 29.0 Å². The number of likely N-dealkylation sites (N-methyl/N-ethyl adjacent to an activating group) is 1. The molecule has 0 amide bonds. The van der Waals surface area contributed by atoms with Gasteiger partial charge >= 0.3 is 0 Å². The van der Waals surface area contributed by atoms with Crippen LogP contribution in [0.5, 0.6) is 0 Å². The topological polar surface area (TPSA) is 23.5 Å². The Bertz CT molecular complexity index is 357. The third-order valence-electron chi connectivity index (χ3n) is 2.76. The van der Waals surface area contributed by atoms with E-state index < -0.39 is 5.82 Å². The molecule has 0 bridgehead atoms. The molecule has 1 rings (SSSR count). The van der Waals surface area contributed by atoms with Gasteiger partial charge in [0.25, 0.3) is 0 Å². The highest BCUT2D eigenvalue weighted by molar-refractivity contribution is 6.31. The SMILES string of the molecule is CC(C)C(CO)N(C)c1ccc(F)c(Cl)c1. The Morgan fingerprint density at radius 1 is 1.44 bits per heavy atom. The van der Waals surface area contributed by atoms with Crippen LogP contribution in [0.3, 0.4) is 0 Å². The van der Waals surface area contributed by atoms with Gasteiger partial charge < -0.3 is 10.0 Å². The minimum absolute atomic E-state index is 0.00141. The van der Waals surface area contributed by atoms with Crippen LogP contribution in [0, 0.1) is 11.7 Å². The van der Waals surface area contributed by atoms with Crippen molar-refractivity contribution >= 4 is 17.3 Å². The summed E-state index contributed by atoms with van der Waals surface area (Å²) >= 11 is 5.72. The van der Waals surface area contributed by atoms with Crippen molar-refractivity contribution in [1.29, 1.82) is 0 Å². The van der Waals surface area contributed by atoms with Crippen LogP contribution >= 0.6 is 11.6 Å². The smallest absolute Gasteiger partial charge is 0.141 e. The van der Waals surface area contributed by atoms with Gasteiger partial charge in [-0.1, -0.05) is 25.4 Å². The number of rotatable bonds is 4. The van der Waals surface area contributed by atoms with E-state index in [-0.39, 0.29) is 17.7 Å². The Balaban J connectivity index is 2.94. The highest BCUT2D eigenvalue weighted by atomic mass is 35.5. The van der Waals surface area contributed by atoms with E-state index in [2.05, 4.69) is 0 Å². The second-order valence-corrected chi connectivity index (χ2v) is 4.61. The molecule has 0 radical (unpaired) electrons. The average Bonchev–Trinajstić information content (AvgIpc) is 2.22. The molecule has 1 N–H and O–H groups in total. The maximum atomic E-state index is 13.0. The number of aliphatic hydroxyl groups is 1. The van der Waals surface area contributed by atoms with Crippen molar-refractivity contribution < 1.29 is 9.50 Å². The molecule has 0 aliphatic rings. The molecule has 1 unspecified atom stereocenters. The van der Waals surface area contributed by atoms with Crippen LogP contribution in [-0.2, 0) is 0 Å². The van der Waals surface area contributed by atoms with Crippen LogP contribution in [0.25, 0.3) is 0 Å². The largest absolute Gasteiger partial charge is 0.394 e. The van der Waals surface area contributed by atoms with E-state index in [9.17, 15) is 9.50 Å². The van der Waals surface area contributed by atoms with Gasteiger partial charge in [0.05, 0.1) is 17.7 Å². The summed E-state index contributed by atoms with van der Waals surface area (Å²) in [4.78, 5) is 1.91. The van der Waals surface area contributed by atoms with Crippen molar-refractivity contribution in [3.63, 3.8) is 0 Å². The molecule has 1 atom stereocenters. The van der Waals surface area contributed by atoms with Gasteiger partial charge in [-0.2, -0.15) is 0 Å². The predicted octanol–water partition coefficient (Wildman–Crippen LogP) is 2.93. The predicted molar refractivity (Wildman–Crippen MR) is 65.5 cm³/mol. The molecule has 2 nitrogen and oxygen atoms in total. The first-order chi connectivity index (χ1) is 7.47. The molecule has 0 saturated carbocycles. The quantitative estimate of drug-likeness (QED) is 0.882. The molecule has 0 heterocycles. The standard InChI is InChI=1S/C12H17ClFNO/c1-8(2)12(7-16)15(3)9-4-5-11(14)10(13)6-9/h4-6,8,12,16H,7H2,1-3H3. The van der Waals surface area contributed by atoms with Crippen LogP contribution in [0.1, 0.15) is 13.8 Å². The van der Waals surface area contributed by atoms with Crippen LogP contribution in [0.4, 0.5) is 10.1 Å². The van der Waals surface area contributed by atoms with Gasteiger partial charge in [0.15, 0.2) is 0 Å². The molecular weight excluding hydrogens is 229 g/mol. The maximum absolute atomic E-state index is 13.0. The first kappa shape index (κ1) is 13.3. The van der Waals surface area contributed by atoms with E-state index in [0.717, 1.165) is 5.69 Å².